The van der Waals surface area contributed by atoms with Gasteiger partial charge in [0.25, 0.3) is 5.91 Å². The number of methoxy groups -OCH3 is 1. The molecule has 1 N–H and O–H groups in total. The maximum atomic E-state index is 13.0. The lowest BCUT2D eigenvalue weighted by Crippen LogP contribution is -2.31. The molecule has 4 aromatic rings. The van der Waals surface area contributed by atoms with E-state index in [9.17, 15) is 4.79 Å². The molecule has 146 valence electrons. The van der Waals surface area contributed by atoms with Crippen LogP contribution in [0.3, 0.4) is 0 Å². The number of imidazole rings is 1. The summed E-state index contributed by atoms with van der Waals surface area (Å²) in [5, 5.41) is 7.39. The Morgan fingerprint density at radius 2 is 1.97 bits per heavy atom. The fourth-order valence-corrected chi connectivity index (χ4v) is 3.15. The molecule has 7 heteroatoms. The molecule has 0 aliphatic rings. The Hall–Kier alpha value is -3.87. The van der Waals surface area contributed by atoms with Crippen LogP contribution in [0.1, 0.15) is 27.8 Å². The number of aryl methyl sites for hydroxylation is 1. The first-order chi connectivity index (χ1) is 14.2. The molecule has 0 bridgehead atoms. The molecule has 7 nitrogen and oxygen atoms in total. The summed E-state index contributed by atoms with van der Waals surface area (Å²) in [5.74, 6) is 1.21. The highest BCUT2D eigenvalue weighted by atomic mass is 16.5. The largest absolute Gasteiger partial charge is 0.497 e. The second-order valence-electron chi connectivity index (χ2n) is 6.59. The number of benzene rings is 2. The van der Waals surface area contributed by atoms with Gasteiger partial charge in [-0.3, -0.25) is 4.79 Å². The lowest BCUT2D eigenvalue weighted by molar-refractivity contribution is 0.0941. The Kier molecular flexibility index (Phi) is 5.11. The molecular weight excluding hydrogens is 366 g/mol. The first-order valence-electron chi connectivity index (χ1n) is 9.18. The summed E-state index contributed by atoms with van der Waals surface area (Å²) in [4.78, 5) is 17.4. The number of nitrogens with zero attached hydrogens (tertiary/aromatic N) is 4. The molecule has 2 aromatic carbocycles. The number of amides is 1. The number of hydrogen-bond donors (Lipinski definition) is 1. The van der Waals surface area contributed by atoms with Crippen molar-refractivity contribution in [3.8, 4) is 11.4 Å². The summed E-state index contributed by atoms with van der Waals surface area (Å²) >= 11 is 0. The lowest BCUT2D eigenvalue weighted by atomic mass is 10.1. The minimum Gasteiger partial charge on any atom is -0.497 e. The minimum absolute atomic E-state index is 0.233. The molecule has 1 amide bonds. The molecule has 0 radical (unpaired) electrons. The topological polar surface area (TPSA) is 74.0 Å². The third-order valence-electron chi connectivity index (χ3n) is 4.68. The van der Waals surface area contributed by atoms with Crippen molar-refractivity contribution in [2.75, 3.05) is 7.11 Å². The van der Waals surface area contributed by atoms with Gasteiger partial charge in [-0.05, 0) is 29.8 Å². The number of para-hydroxylation sites is 1. The number of carbonyl (C=O) groups excluding carboxylic acids is 1. The maximum absolute atomic E-state index is 13.0. The summed E-state index contributed by atoms with van der Waals surface area (Å²) in [6, 6.07) is 16.8. The van der Waals surface area contributed by atoms with E-state index < -0.39 is 6.04 Å². The first kappa shape index (κ1) is 18.5. The van der Waals surface area contributed by atoms with E-state index in [1.165, 1.54) is 0 Å². The van der Waals surface area contributed by atoms with Crippen molar-refractivity contribution < 1.29 is 9.53 Å². The zero-order valence-corrected chi connectivity index (χ0v) is 16.2. The van der Waals surface area contributed by atoms with Crippen LogP contribution in [0.15, 0.2) is 79.4 Å². The lowest BCUT2D eigenvalue weighted by Gasteiger charge is -2.19. The van der Waals surface area contributed by atoms with Crippen molar-refractivity contribution in [3.63, 3.8) is 0 Å². The smallest absolute Gasteiger partial charge is 0.255 e. The summed E-state index contributed by atoms with van der Waals surface area (Å²) in [6.07, 6.45) is 6.83. The molecule has 1 unspecified atom stereocenters. The van der Waals surface area contributed by atoms with Gasteiger partial charge in [-0.25, -0.2) is 9.67 Å². The molecule has 29 heavy (non-hydrogen) atoms. The number of carbonyl (C=O) groups is 1. The van der Waals surface area contributed by atoms with Gasteiger partial charge in [-0.15, -0.1) is 0 Å². The SMILES string of the molecule is COc1cccc(C(NC(=O)c2cnn(-c3ccccc3)c2)c2nccn2C)c1. The summed E-state index contributed by atoms with van der Waals surface area (Å²) < 4.78 is 8.90. The molecule has 2 aromatic heterocycles. The standard InChI is InChI=1S/C22H21N5O2/c1-26-12-11-23-21(26)20(16-7-6-10-19(13-16)29-2)25-22(28)17-14-24-27(15-17)18-8-4-3-5-9-18/h3-15,20H,1-2H3,(H,25,28). The van der Waals surface area contributed by atoms with Crippen LogP contribution in [0.25, 0.3) is 5.69 Å². The van der Waals surface area contributed by atoms with Crippen LogP contribution < -0.4 is 10.1 Å². The summed E-state index contributed by atoms with van der Waals surface area (Å²) in [5.41, 5.74) is 2.23. The fraction of sp³-hybridized carbons (Fsp3) is 0.136. The average molecular weight is 387 g/mol. The van der Waals surface area contributed by atoms with Crippen molar-refractivity contribution in [3.05, 3.63) is 96.3 Å². The number of aromatic nitrogens is 4. The monoisotopic (exact) mass is 387 g/mol. The molecule has 0 spiro atoms. The van der Waals surface area contributed by atoms with E-state index in [1.54, 1.807) is 30.4 Å². The van der Waals surface area contributed by atoms with Gasteiger partial charge >= 0.3 is 0 Å². The van der Waals surface area contributed by atoms with Crippen LogP contribution in [-0.4, -0.2) is 32.3 Å². The zero-order chi connectivity index (χ0) is 20.2. The van der Waals surface area contributed by atoms with Gasteiger partial charge in [0.2, 0.25) is 0 Å². The van der Waals surface area contributed by atoms with Crippen LogP contribution >= 0.6 is 0 Å². The van der Waals surface area contributed by atoms with Gasteiger partial charge < -0.3 is 14.6 Å². The number of hydrogen-bond acceptors (Lipinski definition) is 4. The Morgan fingerprint density at radius 3 is 2.69 bits per heavy atom. The van der Waals surface area contributed by atoms with Crippen molar-refractivity contribution in [2.24, 2.45) is 7.05 Å². The number of rotatable bonds is 6. The van der Waals surface area contributed by atoms with E-state index in [-0.39, 0.29) is 5.91 Å². The quantitative estimate of drug-likeness (QED) is 0.552. The van der Waals surface area contributed by atoms with Gasteiger partial charge in [-0.2, -0.15) is 5.10 Å². The second kappa shape index (κ2) is 8.02. The van der Waals surface area contributed by atoms with Gasteiger partial charge in [0.05, 0.1) is 24.6 Å². The summed E-state index contributed by atoms with van der Waals surface area (Å²) in [7, 11) is 3.51. The third-order valence-corrected chi connectivity index (χ3v) is 4.68. The van der Waals surface area contributed by atoms with Gasteiger partial charge in [0, 0.05) is 25.6 Å². The molecule has 0 saturated carbocycles. The van der Waals surface area contributed by atoms with Crippen molar-refractivity contribution in [2.45, 2.75) is 6.04 Å². The van der Waals surface area contributed by atoms with E-state index in [0.29, 0.717) is 11.3 Å². The minimum atomic E-state index is -0.433. The Morgan fingerprint density at radius 1 is 1.14 bits per heavy atom. The highest BCUT2D eigenvalue weighted by molar-refractivity contribution is 5.94. The second-order valence-corrected chi connectivity index (χ2v) is 6.59. The van der Waals surface area contributed by atoms with Crippen LogP contribution in [0.5, 0.6) is 5.75 Å². The van der Waals surface area contributed by atoms with Crippen molar-refractivity contribution in [1.29, 1.82) is 0 Å². The zero-order valence-electron chi connectivity index (χ0n) is 16.2. The highest BCUT2D eigenvalue weighted by Gasteiger charge is 2.22. The molecule has 1 atom stereocenters. The highest BCUT2D eigenvalue weighted by Crippen LogP contribution is 2.24. The van der Waals surface area contributed by atoms with Crippen LogP contribution in [-0.2, 0) is 7.05 Å². The molecule has 0 aliphatic carbocycles. The predicted octanol–water partition coefficient (Wildman–Crippen LogP) is 3.13. The predicted molar refractivity (Wildman–Crippen MR) is 109 cm³/mol. The number of nitrogens with one attached hydrogen (secondary N) is 1. The van der Waals surface area contributed by atoms with E-state index in [0.717, 1.165) is 17.1 Å². The molecule has 0 fully saturated rings. The Labute approximate surface area is 168 Å². The Bertz CT molecular complexity index is 1120. The molecule has 2 heterocycles. The van der Waals surface area contributed by atoms with E-state index >= 15 is 0 Å². The van der Waals surface area contributed by atoms with E-state index in [2.05, 4.69) is 15.4 Å². The Balaban J connectivity index is 1.63. The molecule has 0 aliphatic heterocycles. The van der Waals surface area contributed by atoms with Crippen LogP contribution in [0, 0.1) is 0 Å². The maximum Gasteiger partial charge on any atom is 0.255 e. The van der Waals surface area contributed by atoms with Gasteiger partial charge in [0.15, 0.2) is 0 Å². The van der Waals surface area contributed by atoms with Gasteiger partial charge in [-0.1, -0.05) is 30.3 Å². The molecule has 0 saturated heterocycles. The molecule has 4 rings (SSSR count). The van der Waals surface area contributed by atoms with Crippen molar-refractivity contribution in [1.82, 2.24) is 24.6 Å². The third kappa shape index (κ3) is 3.89. The van der Waals surface area contributed by atoms with Crippen LogP contribution in [0.4, 0.5) is 0 Å². The number of ether oxygens (including phenoxy) is 1. The first-order valence-corrected chi connectivity index (χ1v) is 9.18. The van der Waals surface area contributed by atoms with Gasteiger partial charge in [0.1, 0.15) is 17.6 Å². The average Bonchev–Trinajstić information content (AvgIpc) is 3.42. The molecular formula is C22H21N5O2. The fourth-order valence-electron chi connectivity index (χ4n) is 3.15. The van der Waals surface area contributed by atoms with E-state index in [4.69, 9.17) is 4.74 Å². The summed E-state index contributed by atoms with van der Waals surface area (Å²) in [6.45, 7) is 0. The normalized spacial score (nSPS) is 11.8. The van der Waals surface area contributed by atoms with E-state index in [1.807, 2.05) is 72.4 Å². The van der Waals surface area contributed by atoms with Crippen LogP contribution in [0.2, 0.25) is 0 Å². The van der Waals surface area contributed by atoms with Crippen molar-refractivity contribution >= 4 is 5.91 Å².